The second kappa shape index (κ2) is 2.32. The fourth-order valence-electron chi connectivity index (χ4n) is 1.46. The summed E-state index contributed by atoms with van der Waals surface area (Å²) < 4.78 is 1.90. The van der Waals surface area contributed by atoms with Crippen LogP contribution in [-0.4, -0.2) is 21.3 Å². The molecule has 4 nitrogen and oxygen atoms in total. The van der Waals surface area contributed by atoms with Gasteiger partial charge in [0.05, 0.1) is 18.4 Å². The lowest BCUT2D eigenvalue weighted by atomic mass is 10.1. The van der Waals surface area contributed by atoms with E-state index in [2.05, 4.69) is 5.10 Å². The van der Waals surface area contributed by atoms with E-state index < -0.39 is 0 Å². The van der Waals surface area contributed by atoms with E-state index in [1.165, 1.54) is 11.3 Å². The molecule has 0 bridgehead atoms. The Bertz CT molecular complexity index is 265. The second-order valence-corrected chi connectivity index (χ2v) is 2.96. The smallest absolute Gasteiger partial charge is 0.0567 e. The molecule has 2 rings (SSSR count). The van der Waals surface area contributed by atoms with Crippen molar-refractivity contribution < 1.29 is 0 Å². The Morgan fingerprint density at radius 3 is 3.27 bits per heavy atom. The van der Waals surface area contributed by atoms with Crippen LogP contribution < -0.4 is 5.84 Å². The van der Waals surface area contributed by atoms with E-state index in [1.807, 2.05) is 22.9 Å². The highest BCUT2D eigenvalue weighted by Crippen LogP contribution is 2.14. The van der Waals surface area contributed by atoms with Crippen molar-refractivity contribution in [3.63, 3.8) is 0 Å². The van der Waals surface area contributed by atoms with Gasteiger partial charge in [-0.3, -0.25) is 10.5 Å². The summed E-state index contributed by atoms with van der Waals surface area (Å²) >= 11 is 0. The second-order valence-electron chi connectivity index (χ2n) is 2.96. The number of aryl methyl sites for hydroxylation is 1. The number of nitrogens with zero attached hydrogens (tertiary/aromatic N) is 3. The highest BCUT2D eigenvalue weighted by Gasteiger charge is 2.16. The summed E-state index contributed by atoms with van der Waals surface area (Å²) in [6.45, 7) is 1.77. The molecule has 11 heavy (non-hydrogen) atoms. The Kier molecular flexibility index (Phi) is 1.44. The first kappa shape index (κ1) is 6.82. The molecule has 2 heterocycles. The van der Waals surface area contributed by atoms with Crippen molar-refractivity contribution in [2.24, 2.45) is 12.9 Å². The first-order valence-electron chi connectivity index (χ1n) is 3.77. The normalized spacial score (nSPS) is 18.4. The predicted octanol–water partition coefficient (Wildman–Crippen LogP) is -0.348. The van der Waals surface area contributed by atoms with Crippen molar-refractivity contribution in [1.82, 2.24) is 14.8 Å². The van der Waals surface area contributed by atoms with E-state index in [0.29, 0.717) is 0 Å². The third kappa shape index (κ3) is 1.04. The van der Waals surface area contributed by atoms with Crippen LogP contribution in [0.2, 0.25) is 0 Å². The zero-order chi connectivity index (χ0) is 7.84. The maximum atomic E-state index is 5.67. The summed E-state index contributed by atoms with van der Waals surface area (Å²) in [5, 5.41) is 5.99. The van der Waals surface area contributed by atoms with Gasteiger partial charge in [0.1, 0.15) is 0 Å². The maximum absolute atomic E-state index is 5.67. The van der Waals surface area contributed by atoms with Crippen molar-refractivity contribution in [2.45, 2.75) is 13.0 Å². The van der Waals surface area contributed by atoms with Gasteiger partial charge in [-0.15, -0.1) is 0 Å². The highest BCUT2D eigenvalue weighted by molar-refractivity contribution is 5.19. The average molecular weight is 152 g/mol. The molecular formula is C7H12N4. The van der Waals surface area contributed by atoms with Gasteiger partial charge in [-0.2, -0.15) is 5.10 Å². The standard InChI is InChI=1S/C7H12N4/c1-10-7-5-11(8)3-2-6(7)4-9-10/h4H,2-3,5,8H2,1H3. The van der Waals surface area contributed by atoms with Crippen LogP contribution in [0.5, 0.6) is 0 Å². The zero-order valence-electron chi connectivity index (χ0n) is 6.62. The molecule has 0 aromatic carbocycles. The van der Waals surface area contributed by atoms with Crippen LogP contribution in [0.4, 0.5) is 0 Å². The van der Waals surface area contributed by atoms with Crippen LogP contribution in [0.3, 0.4) is 0 Å². The van der Waals surface area contributed by atoms with E-state index in [-0.39, 0.29) is 0 Å². The quantitative estimate of drug-likeness (QED) is 0.517. The number of aromatic nitrogens is 2. The lowest BCUT2D eigenvalue weighted by Gasteiger charge is -2.21. The Morgan fingerprint density at radius 1 is 1.64 bits per heavy atom. The minimum Gasteiger partial charge on any atom is -0.271 e. The SMILES string of the molecule is Cn1ncc2c1CN(N)CC2. The first-order valence-corrected chi connectivity index (χ1v) is 3.77. The minimum atomic E-state index is 0.825. The minimum absolute atomic E-state index is 0.825. The van der Waals surface area contributed by atoms with Crippen molar-refractivity contribution in [3.05, 3.63) is 17.5 Å². The molecule has 0 saturated heterocycles. The summed E-state index contributed by atoms with van der Waals surface area (Å²) in [5.41, 5.74) is 2.59. The van der Waals surface area contributed by atoms with Crippen LogP contribution in [-0.2, 0) is 20.0 Å². The van der Waals surface area contributed by atoms with E-state index in [1.54, 1.807) is 0 Å². The Labute approximate surface area is 65.6 Å². The number of nitrogens with two attached hydrogens (primary N) is 1. The molecule has 0 amide bonds. The van der Waals surface area contributed by atoms with E-state index in [0.717, 1.165) is 19.5 Å². The fourth-order valence-corrected chi connectivity index (χ4v) is 1.46. The number of fused-ring (bicyclic) bond motifs is 1. The van der Waals surface area contributed by atoms with Crippen molar-refractivity contribution in [2.75, 3.05) is 6.54 Å². The molecule has 1 aliphatic rings. The average Bonchev–Trinajstić information content (AvgIpc) is 2.33. The molecule has 60 valence electrons. The van der Waals surface area contributed by atoms with Gasteiger partial charge >= 0.3 is 0 Å². The Balaban J connectivity index is 2.37. The molecule has 4 heteroatoms. The summed E-state index contributed by atoms with van der Waals surface area (Å²) in [5.74, 6) is 5.67. The van der Waals surface area contributed by atoms with Gasteiger partial charge in [0.25, 0.3) is 0 Å². The van der Waals surface area contributed by atoms with Gasteiger partial charge < -0.3 is 0 Å². The van der Waals surface area contributed by atoms with Gasteiger partial charge in [-0.25, -0.2) is 5.01 Å². The summed E-state index contributed by atoms with van der Waals surface area (Å²) in [7, 11) is 1.96. The molecule has 1 aromatic heterocycles. The van der Waals surface area contributed by atoms with E-state index >= 15 is 0 Å². The number of rotatable bonds is 0. The summed E-state index contributed by atoms with van der Waals surface area (Å²) in [6, 6.07) is 0. The lowest BCUT2D eigenvalue weighted by Crippen LogP contribution is -2.36. The molecule has 2 N–H and O–H groups in total. The van der Waals surface area contributed by atoms with Crippen molar-refractivity contribution >= 4 is 0 Å². The molecule has 0 radical (unpaired) electrons. The van der Waals surface area contributed by atoms with Crippen LogP contribution in [0.15, 0.2) is 6.20 Å². The molecule has 0 aliphatic carbocycles. The van der Waals surface area contributed by atoms with Gasteiger partial charge in [-0.05, 0) is 12.0 Å². The third-order valence-electron chi connectivity index (χ3n) is 2.17. The van der Waals surface area contributed by atoms with Gasteiger partial charge in [0.2, 0.25) is 0 Å². The van der Waals surface area contributed by atoms with Gasteiger partial charge in [0, 0.05) is 13.6 Å². The fraction of sp³-hybridized carbons (Fsp3) is 0.571. The molecule has 0 atom stereocenters. The molecule has 0 spiro atoms. The maximum Gasteiger partial charge on any atom is 0.0567 e. The highest BCUT2D eigenvalue weighted by atomic mass is 15.4. The largest absolute Gasteiger partial charge is 0.271 e. The van der Waals surface area contributed by atoms with Gasteiger partial charge in [0.15, 0.2) is 0 Å². The monoisotopic (exact) mass is 152 g/mol. The molecule has 0 saturated carbocycles. The topological polar surface area (TPSA) is 47.1 Å². The Hall–Kier alpha value is -0.870. The van der Waals surface area contributed by atoms with Gasteiger partial charge in [-0.1, -0.05) is 0 Å². The molecule has 0 fully saturated rings. The van der Waals surface area contributed by atoms with Crippen molar-refractivity contribution in [1.29, 1.82) is 0 Å². The molecule has 0 unspecified atom stereocenters. The number of hydrazine groups is 1. The van der Waals surface area contributed by atoms with Crippen LogP contribution in [0.1, 0.15) is 11.3 Å². The zero-order valence-corrected chi connectivity index (χ0v) is 6.62. The van der Waals surface area contributed by atoms with Crippen LogP contribution in [0, 0.1) is 0 Å². The number of hydrogen-bond donors (Lipinski definition) is 1. The lowest BCUT2D eigenvalue weighted by molar-refractivity contribution is 0.255. The van der Waals surface area contributed by atoms with Crippen molar-refractivity contribution in [3.8, 4) is 0 Å². The summed E-state index contributed by atoms with van der Waals surface area (Å²) in [6.07, 6.45) is 2.96. The first-order chi connectivity index (χ1) is 5.27. The van der Waals surface area contributed by atoms with E-state index in [9.17, 15) is 0 Å². The molecular weight excluding hydrogens is 140 g/mol. The van der Waals surface area contributed by atoms with Crippen LogP contribution in [0.25, 0.3) is 0 Å². The van der Waals surface area contributed by atoms with E-state index in [4.69, 9.17) is 5.84 Å². The molecule has 1 aliphatic heterocycles. The van der Waals surface area contributed by atoms with Crippen LogP contribution >= 0.6 is 0 Å². The third-order valence-corrected chi connectivity index (χ3v) is 2.17. The number of hydrogen-bond acceptors (Lipinski definition) is 3. The molecule has 1 aromatic rings. The predicted molar refractivity (Wildman–Crippen MR) is 41.5 cm³/mol. The summed E-state index contributed by atoms with van der Waals surface area (Å²) in [4.78, 5) is 0. The Morgan fingerprint density at radius 2 is 2.45 bits per heavy atom.